The molecule has 1 saturated heterocycles. The Labute approximate surface area is 103 Å². The number of thioether (sulfide) groups is 1. The third kappa shape index (κ3) is 2.12. The number of terminal acetylenes is 1. The van der Waals surface area contributed by atoms with E-state index in [1.807, 2.05) is 29.9 Å². The summed E-state index contributed by atoms with van der Waals surface area (Å²) < 4.78 is 1.87. The average molecular weight is 246 g/mol. The molecule has 0 N–H and O–H groups in total. The van der Waals surface area contributed by atoms with Crippen molar-refractivity contribution < 1.29 is 9.59 Å². The van der Waals surface area contributed by atoms with Gasteiger partial charge in [-0.15, -0.1) is 6.42 Å². The molecule has 17 heavy (non-hydrogen) atoms. The van der Waals surface area contributed by atoms with Gasteiger partial charge in [-0.3, -0.25) is 14.5 Å². The highest BCUT2D eigenvalue weighted by Gasteiger charge is 2.34. The van der Waals surface area contributed by atoms with E-state index in [1.165, 1.54) is 0 Å². The van der Waals surface area contributed by atoms with Crippen LogP contribution in [0.15, 0.2) is 23.2 Å². The van der Waals surface area contributed by atoms with Gasteiger partial charge in [0.05, 0.1) is 11.4 Å². The van der Waals surface area contributed by atoms with E-state index in [-0.39, 0.29) is 17.7 Å². The van der Waals surface area contributed by atoms with Crippen molar-refractivity contribution >= 4 is 29.0 Å². The number of aromatic nitrogens is 1. The first-order valence-electron chi connectivity index (χ1n) is 4.93. The zero-order valence-electron chi connectivity index (χ0n) is 9.21. The van der Waals surface area contributed by atoms with Crippen LogP contribution in [-0.2, 0) is 11.8 Å². The van der Waals surface area contributed by atoms with E-state index in [2.05, 4.69) is 5.92 Å². The molecule has 0 aliphatic carbocycles. The van der Waals surface area contributed by atoms with Gasteiger partial charge >= 0.3 is 0 Å². The second kappa shape index (κ2) is 4.52. The molecule has 2 amide bonds. The second-order valence-electron chi connectivity index (χ2n) is 3.52. The quantitative estimate of drug-likeness (QED) is 0.589. The van der Waals surface area contributed by atoms with Gasteiger partial charge in [0.25, 0.3) is 11.1 Å². The molecule has 0 bridgehead atoms. The SMILES string of the molecule is C#CCN1C(=O)S/C(=C\c2cccn2C)C1=O. The number of nitrogens with zero attached hydrogens (tertiary/aromatic N) is 2. The Morgan fingerprint density at radius 1 is 1.53 bits per heavy atom. The highest BCUT2D eigenvalue weighted by molar-refractivity contribution is 8.18. The summed E-state index contributed by atoms with van der Waals surface area (Å²) in [6, 6.07) is 3.74. The van der Waals surface area contributed by atoms with E-state index in [9.17, 15) is 9.59 Å². The summed E-state index contributed by atoms with van der Waals surface area (Å²) in [5, 5.41) is -0.312. The van der Waals surface area contributed by atoms with E-state index >= 15 is 0 Å². The molecule has 0 aromatic carbocycles. The molecule has 86 valence electrons. The number of aryl methyl sites for hydroxylation is 1. The summed E-state index contributed by atoms with van der Waals surface area (Å²) in [6.45, 7) is 0.0230. The van der Waals surface area contributed by atoms with Crippen LogP contribution in [-0.4, -0.2) is 27.2 Å². The lowest BCUT2D eigenvalue weighted by molar-refractivity contribution is -0.122. The Morgan fingerprint density at radius 2 is 2.29 bits per heavy atom. The number of hydrogen-bond acceptors (Lipinski definition) is 3. The molecule has 0 atom stereocenters. The van der Waals surface area contributed by atoms with Crippen molar-refractivity contribution in [1.82, 2.24) is 9.47 Å². The van der Waals surface area contributed by atoms with Crippen molar-refractivity contribution in [2.45, 2.75) is 0 Å². The number of imide groups is 1. The molecule has 0 radical (unpaired) electrons. The molecule has 5 heteroatoms. The summed E-state index contributed by atoms with van der Waals surface area (Å²) in [6.07, 6.45) is 8.68. The maximum atomic E-state index is 11.9. The van der Waals surface area contributed by atoms with E-state index in [0.29, 0.717) is 4.91 Å². The highest BCUT2D eigenvalue weighted by atomic mass is 32.2. The highest BCUT2D eigenvalue weighted by Crippen LogP contribution is 2.31. The lowest BCUT2D eigenvalue weighted by atomic mass is 10.3. The molecule has 1 aromatic heterocycles. The molecular weight excluding hydrogens is 236 g/mol. The lowest BCUT2D eigenvalue weighted by Crippen LogP contribution is -2.28. The summed E-state index contributed by atoms with van der Waals surface area (Å²) >= 11 is 0.918. The van der Waals surface area contributed by atoms with Crippen molar-refractivity contribution in [2.24, 2.45) is 7.05 Å². The molecule has 2 rings (SSSR count). The van der Waals surface area contributed by atoms with Crippen LogP contribution in [0.25, 0.3) is 6.08 Å². The van der Waals surface area contributed by atoms with Gasteiger partial charge in [-0.05, 0) is 30.0 Å². The standard InChI is InChI=1S/C12H10N2O2S/c1-3-6-14-11(15)10(17-12(14)16)8-9-5-4-7-13(9)2/h1,4-5,7-8H,6H2,2H3/b10-8-. The minimum Gasteiger partial charge on any atom is -0.351 e. The third-order valence-electron chi connectivity index (χ3n) is 2.39. The normalized spacial score (nSPS) is 17.9. The van der Waals surface area contributed by atoms with Gasteiger partial charge in [0.2, 0.25) is 0 Å². The summed E-state index contributed by atoms with van der Waals surface area (Å²) in [4.78, 5) is 24.9. The van der Waals surface area contributed by atoms with Gasteiger partial charge in [0.1, 0.15) is 0 Å². The van der Waals surface area contributed by atoms with Crippen LogP contribution < -0.4 is 0 Å². The van der Waals surface area contributed by atoms with Crippen LogP contribution in [0.4, 0.5) is 4.79 Å². The van der Waals surface area contributed by atoms with Crippen molar-refractivity contribution in [1.29, 1.82) is 0 Å². The molecule has 0 unspecified atom stereocenters. The smallest absolute Gasteiger partial charge is 0.294 e. The summed E-state index contributed by atoms with van der Waals surface area (Å²) in [7, 11) is 1.87. The minimum atomic E-state index is -0.320. The molecular formula is C12H10N2O2S. The predicted octanol–water partition coefficient (Wildman–Crippen LogP) is 1.69. The fourth-order valence-corrected chi connectivity index (χ4v) is 2.31. The van der Waals surface area contributed by atoms with Crippen LogP contribution in [0.2, 0.25) is 0 Å². The van der Waals surface area contributed by atoms with E-state index in [4.69, 9.17) is 6.42 Å². The monoisotopic (exact) mass is 246 g/mol. The molecule has 4 nitrogen and oxygen atoms in total. The van der Waals surface area contributed by atoms with E-state index in [1.54, 1.807) is 6.08 Å². The Morgan fingerprint density at radius 3 is 2.88 bits per heavy atom. The maximum Gasteiger partial charge on any atom is 0.294 e. The van der Waals surface area contributed by atoms with Crippen molar-refractivity contribution in [3.63, 3.8) is 0 Å². The molecule has 1 aromatic rings. The zero-order valence-corrected chi connectivity index (χ0v) is 10.0. The molecule has 1 fully saturated rings. The molecule has 0 spiro atoms. The number of carbonyl (C=O) groups excluding carboxylic acids is 2. The fraction of sp³-hybridized carbons (Fsp3) is 0.167. The Bertz CT molecular complexity index is 551. The molecule has 2 heterocycles. The van der Waals surface area contributed by atoms with Crippen LogP contribution in [0.5, 0.6) is 0 Å². The predicted molar refractivity (Wildman–Crippen MR) is 66.9 cm³/mol. The zero-order chi connectivity index (χ0) is 12.4. The number of hydrogen-bond donors (Lipinski definition) is 0. The fourth-order valence-electron chi connectivity index (χ4n) is 1.49. The molecule has 1 aliphatic heterocycles. The summed E-state index contributed by atoms with van der Waals surface area (Å²) in [5.74, 6) is 1.98. The average Bonchev–Trinajstić information content (AvgIpc) is 2.79. The van der Waals surface area contributed by atoms with Crippen molar-refractivity contribution in [3.8, 4) is 12.3 Å². The van der Waals surface area contributed by atoms with Crippen LogP contribution >= 0.6 is 11.8 Å². The van der Waals surface area contributed by atoms with Crippen LogP contribution in [0.3, 0.4) is 0 Å². The first kappa shape index (κ1) is 11.6. The van der Waals surface area contributed by atoms with Crippen LogP contribution in [0.1, 0.15) is 5.69 Å². The van der Waals surface area contributed by atoms with E-state index < -0.39 is 0 Å². The Hall–Kier alpha value is -1.93. The van der Waals surface area contributed by atoms with Crippen molar-refractivity contribution in [2.75, 3.05) is 6.54 Å². The number of carbonyl (C=O) groups is 2. The third-order valence-corrected chi connectivity index (χ3v) is 3.29. The van der Waals surface area contributed by atoms with Crippen LogP contribution in [0, 0.1) is 12.3 Å². The van der Waals surface area contributed by atoms with Crippen molar-refractivity contribution in [3.05, 3.63) is 28.9 Å². The van der Waals surface area contributed by atoms with Gasteiger partial charge in [0, 0.05) is 18.9 Å². The molecule has 1 aliphatic rings. The van der Waals surface area contributed by atoms with Gasteiger partial charge in [-0.2, -0.15) is 0 Å². The number of rotatable bonds is 2. The Kier molecular flexibility index (Phi) is 3.07. The second-order valence-corrected chi connectivity index (χ2v) is 4.51. The van der Waals surface area contributed by atoms with E-state index in [0.717, 1.165) is 22.4 Å². The number of amides is 2. The summed E-state index contributed by atoms with van der Waals surface area (Å²) in [5.41, 5.74) is 0.871. The Balaban J connectivity index is 2.29. The topological polar surface area (TPSA) is 42.3 Å². The van der Waals surface area contributed by atoms with Gasteiger partial charge in [-0.25, -0.2) is 0 Å². The first-order chi connectivity index (χ1) is 8.13. The van der Waals surface area contributed by atoms with Gasteiger partial charge in [0.15, 0.2) is 0 Å². The largest absolute Gasteiger partial charge is 0.351 e. The lowest BCUT2D eigenvalue weighted by Gasteiger charge is -2.06. The van der Waals surface area contributed by atoms with Gasteiger partial charge < -0.3 is 4.57 Å². The maximum absolute atomic E-state index is 11.9. The molecule has 0 saturated carbocycles. The van der Waals surface area contributed by atoms with Gasteiger partial charge in [-0.1, -0.05) is 5.92 Å². The minimum absolute atomic E-state index is 0.0230. The first-order valence-corrected chi connectivity index (χ1v) is 5.75.